The van der Waals surface area contributed by atoms with Crippen LogP contribution >= 0.6 is 0 Å². The zero-order valence-corrected chi connectivity index (χ0v) is 16.9. The first-order valence-corrected chi connectivity index (χ1v) is 9.99. The second-order valence-corrected chi connectivity index (χ2v) is 9.20. The van der Waals surface area contributed by atoms with Crippen molar-refractivity contribution in [3.63, 3.8) is 0 Å². The number of hydrogen-bond donors (Lipinski definition) is 1. The first kappa shape index (κ1) is 16.6. The van der Waals surface area contributed by atoms with E-state index in [0.29, 0.717) is 0 Å². The summed E-state index contributed by atoms with van der Waals surface area (Å²) in [5.74, 6) is 0. The minimum Gasteiger partial charge on any atom is -0.399 e. The molecule has 3 aromatic carbocycles. The third-order valence-corrected chi connectivity index (χ3v) is 6.92. The molecule has 5 rings (SSSR count). The highest BCUT2D eigenvalue weighted by molar-refractivity contribution is 5.91. The molecule has 3 aromatic rings. The molecule has 2 aliphatic carbocycles. The van der Waals surface area contributed by atoms with Crippen molar-refractivity contribution >= 4 is 5.69 Å². The molecule has 0 saturated carbocycles. The van der Waals surface area contributed by atoms with Crippen LogP contribution in [-0.4, -0.2) is 0 Å². The van der Waals surface area contributed by atoms with Crippen LogP contribution in [0.3, 0.4) is 0 Å². The molecule has 0 spiro atoms. The van der Waals surface area contributed by atoms with Gasteiger partial charge < -0.3 is 5.73 Å². The number of nitrogen functional groups attached to an aromatic ring is 1. The first-order chi connectivity index (χ1) is 12.8. The molecule has 0 saturated heterocycles. The van der Waals surface area contributed by atoms with Crippen LogP contribution in [-0.2, 0) is 17.3 Å². The van der Waals surface area contributed by atoms with E-state index in [0.717, 1.165) is 12.1 Å². The van der Waals surface area contributed by atoms with Crippen molar-refractivity contribution in [2.45, 2.75) is 51.9 Å². The van der Waals surface area contributed by atoms with Crippen molar-refractivity contribution in [3.8, 4) is 22.3 Å². The van der Waals surface area contributed by atoms with E-state index in [-0.39, 0.29) is 10.8 Å². The lowest BCUT2D eigenvalue weighted by atomic mass is 9.72. The average Bonchev–Trinajstić information content (AvgIpc) is 3.01. The summed E-state index contributed by atoms with van der Waals surface area (Å²) in [5.41, 5.74) is 19.7. The number of fused-ring (bicyclic) bond motifs is 7. The molecule has 0 amide bonds. The van der Waals surface area contributed by atoms with E-state index in [1.807, 2.05) is 6.07 Å². The van der Waals surface area contributed by atoms with E-state index < -0.39 is 0 Å². The molecule has 0 bridgehead atoms. The smallest absolute Gasteiger partial charge is 0.0317 e. The minimum absolute atomic E-state index is 0.00600. The second kappa shape index (κ2) is 5.04. The lowest BCUT2D eigenvalue weighted by Crippen LogP contribution is -2.24. The average molecular weight is 354 g/mol. The molecule has 0 aromatic heterocycles. The number of nitrogens with two attached hydrogens (primary N) is 1. The number of aryl methyl sites for hydroxylation is 1. The fourth-order valence-corrected chi connectivity index (χ4v) is 5.50. The number of anilines is 1. The Labute approximate surface area is 162 Å². The molecule has 0 heterocycles. The van der Waals surface area contributed by atoms with Crippen molar-refractivity contribution < 1.29 is 0 Å². The van der Waals surface area contributed by atoms with Gasteiger partial charge in [-0.1, -0.05) is 71.0 Å². The fourth-order valence-electron chi connectivity index (χ4n) is 5.50. The highest BCUT2D eigenvalue weighted by Gasteiger charge is 2.45. The maximum atomic E-state index is 6.15. The summed E-state index contributed by atoms with van der Waals surface area (Å²) >= 11 is 0. The predicted molar refractivity (Wildman–Crippen MR) is 115 cm³/mol. The molecule has 0 atom stereocenters. The molecule has 1 heteroatoms. The van der Waals surface area contributed by atoms with E-state index in [1.165, 1.54) is 50.1 Å². The van der Waals surface area contributed by atoms with Crippen LogP contribution in [0, 0.1) is 0 Å². The summed E-state index contributed by atoms with van der Waals surface area (Å²) < 4.78 is 0. The second-order valence-electron chi connectivity index (χ2n) is 9.20. The molecular formula is C26H27N. The summed E-state index contributed by atoms with van der Waals surface area (Å²) in [6.07, 6.45) is 1.08. The van der Waals surface area contributed by atoms with Crippen molar-refractivity contribution in [3.05, 3.63) is 76.3 Å². The molecule has 0 fully saturated rings. The standard InChI is InChI=1S/C26H27N/c1-6-15-7-9-17-19-11-12-20-18-10-8-16(27)14-22(18)26(4,5)24(20)23(19)25(2,3)21(17)13-15/h7-14H,6,27H2,1-5H3. The molecule has 0 unspecified atom stereocenters. The monoisotopic (exact) mass is 353 g/mol. The molecule has 1 nitrogen and oxygen atoms in total. The zero-order chi connectivity index (χ0) is 19.1. The minimum atomic E-state index is -0.0434. The van der Waals surface area contributed by atoms with Crippen molar-refractivity contribution in [1.29, 1.82) is 0 Å². The van der Waals surface area contributed by atoms with Gasteiger partial charge in [0.1, 0.15) is 0 Å². The number of benzene rings is 3. The summed E-state index contributed by atoms with van der Waals surface area (Å²) in [5, 5.41) is 0. The Balaban J connectivity index is 1.85. The largest absolute Gasteiger partial charge is 0.399 e. The Morgan fingerprint density at radius 2 is 1.15 bits per heavy atom. The summed E-state index contributed by atoms with van der Waals surface area (Å²) in [6, 6.07) is 18.1. The van der Waals surface area contributed by atoms with Crippen LogP contribution in [0.2, 0.25) is 0 Å². The first-order valence-electron chi connectivity index (χ1n) is 9.99. The molecule has 2 N–H and O–H groups in total. The van der Waals surface area contributed by atoms with E-state index in [9.17, 15) is 0 Å². The van der Waals surface area contributed by atoms with Gasteiger partial charge >= 0.3 is 0 Å². The van der Waals surface area contributed by atoms with Crippen LogP contribution in [0.4, 0.5) is 5.69 Å². The van der Waals surface area contributed by atoms with E-state index in [1.54, 1.807) is 0 Å². The van der Waals surface area contributed by atoms with Gasteiger partial charge in [-0.2, -0.15) is 0 Å². The van der Waals surface area contributed by atoms with E-state index in [4.69, 9.17) is 5.73 Å². The van der Waals surface area contributed by atoms with E-state index in [2.05, 4.69) is 77.1 Å². The van der Waals surface area contributed by atoms with Gasteiger partial charge in [-0.3, -0.25) is 0 Å². The van der Waals surface area contributed by atoms with Crippen LogP contribution in [0.5, 0.6) is 0 Å². The number of hydrogen-bond acceptors (Lipinski definition) is 1. The van der Waals surface area contributed by atoms with Crippen LogP contribution in [0.1, 0.15) is 62.4 Å². The van der Waals surface area contributed by atoms with Gasteiger partial charge in [-0.05, 0) is 68.6 Å². The molecule has 136 valence electrons. The summed E-state index contributed by atoms with van der Waals surface area (Å²) in [6.45, 7) is 11.7. The Kier molecular flexibility index (Phi) is 3.10. The van der Waals surface area contributed by atoms with Gasteiger partial charge in [-0.25, -0.2) is 0 Å². The Morgan fingerprint density at radius 1 is 0.667 bits per heavy atom. The zero-order valence-electron chi connectivity index (χ0n) is 16.9. The molecular weight excluding hydrogens is 326 g/mol. The molecule has 2 aliphatic rings. The highest BCUT2D eigenvalue weighted by atomic mass is 14.6. The summed E-state index contributed by atoms with van der Waals surface area (Å²) in [4.78, 5) is 0. The maximum absolute atomic E-state index is 6.15. The van der Waals surface area contributed by atoms with Gasteiger partial charge in [0.25, 0.3) is 0 Å². The van der Waals surface area contributed by atoms with Crippen LogP contribution in [0.25, 0.3) is 22.3 Å². The van der Waals surface area contributed by atoms with Gasteiger partial charge in [-0.15, -0.1) is 0 Å². The third kappa shape index (κ3) is 1.95. The van der Waals surface area contributed by atoms with Gasteiger partial charge in [0, 0.05) is 16.5 Å². The van der Waals surface area contributed by atoms with Crippen LogP contribution < -0.4 is 5.73 Å². The van der Waals surface area contributed by atoms with Crippen molar-refractivity contribution in [2.24, 2.45) is 0 Å². The van der Waals surface area contributed by atoms with Crippen LogP contribution in [0.15, 0.2) is 48.5 Å². The fraction of sp³-hybridized carbons (Fsp3) is 0.308. The summed E-state index contributed by atoms with van der Waals surface area (Å²) in [7, 11) is 0. The van der Waals surface area contributed by atoms with E-state index >= 15 is 0 Å². The normalized spacial score (nSPS) is 17.2. The Bertz CT molecular complexity index is 1120. The van der Waals surface area contributed by atoms with Gasteiger partial charge in [0.15, 0.2) is 0 Å². The quantitative estimate of drug-likeness (QED) is 0.500. The highest BCUT2D eigenvalue weighted by Crippen LogP contribution is 2.59. The Morgan fingerprint density at radius 3 is 1.70 bits per heavy atom. The predicted octanol–water partition coefficient (Wildman–Crippen LogP) is 6.44. The molecule has 27 heavy (non-hydrogen) atoms. The topological polar surface area (TPSA) is 26.0 Å². The SMILES string of the molecule is CCc1ccc2c(c1)C(C)(C)c1c-2ccc2c1C(C)(C)c1cc(N)ccc1-2. The Hall–Kier alpha value is -2.54. The lowest BCUT2D eigenvalue weighted by molar-refractivity contribution is 0.601. The maximum Gasteiger partial charge on any atom is 0.0317 e. The van der Waals surface area contributed by atoms with Crippen molar-refractivity contribution in [1.82, 2.24) is 0 Å². The molecule has 0 radical (unpaired) electrons. The number of rotatable bonds is 1. The molecule has 0 aliphatic heterocycles. The van der Waals surface area contributed by atoms with Crippen molar-refractivity contribution in [2.75, 3.05) is 5.73 Å². The van der Waals surface area contributed by atoms with Gasteiger partial charge in [0.05, 0.1) is 0 Å². The lowest BCUT2D eigenvalue weighted by Gasteiger charge is -2.31. The third-order valence-electron chi connectivity index (χ3n) is 6.92. The van der Waals surface area contributed by atoms with Gasteiger partial charge in [0.2, 0.25) is 0 Å².